The molecule has 5 N–H and O–H groups in total. The Morgan fingerprint density at radius 1 is 0.885 bits per heavy atom. The molecule has 0 saturated carbocycles. The molecule has 0 bridgehead atoms. The molecule has 1 fully saturated rings. The van der Waals surface area contributed by atoms with E-state index in [-0.39, 0.29) is 47.6 Å². The van der Waals surface area contributed by atoms with Gasteiger partial charge in [-0.3, -0.25) is 33.6 Å². The van der Waals surface area contributed by atoms with Crippen LogP contribution in [0.25, 0.3) is 22.4 Å². The number of fused-ring (bicyclic) bond motifs is 1. The van der Waals surface area contributed by atoms with Crippen LogP contribution in [0.3, 0.4) is 0 Å². The smallest absolute Gasteiger partial charge is 0.329 e. The van der Waals surface area contributed by atoms with Crippen LogP contribution in [0.1, 0.15) is 70.8 Å². The van der Waals surface area contributed by atoms with Crippen LogP contribution in [0.15, 0.2) is 84.2 Å². The van der Waals surface area contributed by atoms with Crippen LogP contribution >= 0.6 is 0 Å². The van der Waals surface area contributed by atoms with Crippen molar-refractivity contribution in [1.82, 2.24) is 45.0 Å². The van der Waals surface area contributed by atoms with Gasteiger partial charge in [0.15, 0.2) is 17.4 Å². The third-order valence-electron chi connectivity index (χ3n) is 10.4. The van der Waals surface area contributed by atoms with E-state index in [1.807, 2.05) is 18.2 Å². The van der Waals surface area contributed by atoms with E-state index in [0.29, 0.717) is 51.9 Å². The van der Waals surface area contributed by atoms with Gasteiger partial charge in [0.1, 0.15) is 17.7 Å². The van der Waals surface area contributed by atoms with Crippen molar-refractivity contribution in [1.29, 1.82) is 0 Å². The summed E-state index contributed by atoms with van der Waals surface area (Å²) in [6.07, 6.45) is 9.65. The van der Waals surface area contributed by atoms with Crippen LogP contribution in [0, 0.1) is 5.82 Å². The maximum absolute atomic E-state index is 13.5. The molecule has 6 aromatic rings. The van der Waals surface area contributed by atoms with Gasteiger partial charge >= 0.3 is 5.69 Å². The van der Waals surface area contributed by atoms with E-state index in [1.165, 1.54) is 31.1 Å². The van der Waals surface area contributed by atoms with Crippen molar-refractivity contribution < 1.29 is 28.3 Å². The highest BCUT2D eigenvalue weighted by Crippen LogP contribution is 2.37. The number of para-hydroxylation sites is 2. The molecule has 4 aromatic heterocycles. The zero-order valence-corrected chi connectivity index (χ0v) is 33.8. The predicted molar refractivity (Wildman–Crippen MR) is 226 cm³/mol. The molecule has 7 rings (SSSR count). The number of unbranched alkanes of at least 4 members (excludes halogenated alkanes) is 3. The number of piperidine rings is 1. The number of amides is 4. The average Bonchev–Trinajstić information content (AvgIpc) is 3.52. The van der Waals surface area contributed by atoms with E-state index in [1.54, 1.807) is 48.0 Å². The number of hydrogen-bond acceptors (Lipinski definition) is 12. The van der Waals surface area contributed by atoms with Crippen molar-refractivity contribution in [2.24, 2.45) is 7.05 Å². The van der Waals surface area contributed by atoms with Crippen LogP contribution in [0.5, 0.6) is 5.75 Å². The number of imide groups is 1. The number of rotatable bonds is 16. The molecule has 4 amide bonds. The molecule has 18 heteroatoms. The Balaban J connectivity index is 0.940. The van der Waals surface area contributed by atoms with Crippen LogP contribution in [-0.4, -0.2) is 73.4 Å². The number of aromatic nitrogens is 6. The Morgan fingerprint density at radius 2 is 1.66 bits per heavy atom. The predicted octanol–water partition coefficient (Wildman–Crippen LogP) is 5.09. The van der Waals surface area contributed by atoms with Crippen molar-refractivity contribution in [3.8, 4) is 17.1 Å². The average molecular weight is 830 g/mol. The van der Waals surface area contributed by atoms with Gasteiger partial charge in [0, 0.05) is 51.1 Å². The minimum Gasteiger partial charge on any atom is -0.494 e. The second-order valence-electron chi connectivity index (χ2n) is 14.4. The number of ether oxygens (including phenoxy) is 1. The number of nitrogens with one attached hydrogen (secondary N) is 5. The van der Waals surface area contributed by atoms with Gasteiger partial charge in [0.25, 0.3) is 11.8 Å². The molecule has 1 unspecified atom stereocenters. The molecule has 314 valence electrons. The summed E-state index contributed by atoms with van der Waals surface area (Å²) in [5, 5.41) is 14.3. The minimum absolute atomic E-state index is 0.184. The van der Waals surface area contributed by atoms with Crippen molar-refractivity contribution in [2.45, 2.75) is 51.0 Å². The Labute approximate surface area is 349 Å². The molecule has 2 aromatic carbocycles. The standard InChI is InChI=1S/C43H44FN11O6/c1-45-41(58)29-24-48-35(21-31(29)51-30-13-9-12-28(38(30)61-3)39-49-22-27(44)23-50-39)52-34-20-26(17-19-46-34)40(57)47-18-7-5-4-6-10-25-11-8-14-32-37(25)54(2)43(60)55(32)33-15-16-36(56)53-42(33)59/h8-9,11-14,17,19-24,33H,4-7,10,15-16,18H2,1-3H3,(H,45,58)(H,47,57)(H,53,56,59)(H2,46,48,51,52). The zero-order valence-electron chi connectivity index (χ0n) is 33.8. The van der Waals surface area contributed by atoms with Gasteiger partial charge < -0.3 is 26.0 Å². The fourth-order valence-electron chi connectivity index (χ4n) is 7.39. The fraction of sp³-hybridized carbons (Fsp3) is 0.279. The quantitative estimate of drug-likeness (QED) is 0.0637. The number of methoxy groups -OCH3 is 1. The van der Waals surface area contributed by atoms with Crippen LogP contribution < -0.4 is 37.0 Å². The summed E-state index contributed by atoms with van der Waals surface area (Å²) < 4.78 is 22.3. The Kier molecular flexibility index (Phi) is 12.7. The monoisotopic (exact) mass is 829 g/mol. The number of carbonyl (C=O) groups excluding carboxylic acids is 4. The third-order valence-corrected chi connectivity index (χ3v) is 10.4. The summed E-state index contributed by atoms with van der Waals surface area (Å²) >= 11 is 0. The van der Waals surface area contributed by atoms with E-state index in [0.717, 1.165) is 55.6 Å². The van der Waals surface area contributed by atoms with E-state index in [4.69, 9.17) is 4.74 Å². The molecule has 0 radical (unpaired) electrons. The summed E-state index contributed by atoms with van der Waals surface area (Å²) in [6.45, 7) is 0.471. The maximum atomic E-state index is 13.5. The zero-order chi connectivity index (χ0) is 43.0. The molecule has 0 spiro atoms. The van der Waals surface area contributed by atoms with Gasteiger partial charge in [0.05, 0.1) is 53.0 Å². The lowest BCUT2D eigenvalue weighted by atomic mass is 10.0. The fourth-order valence-corrected chi connectivity index (χ4v) is 7.39. The lowest BCUT2D eigenvalue weighted by Gasteiger charge is -2.21. The number of imidazole rings is 1. The molecule has 1 aliphatic rings. The number of hydrogen-bond donors (Lipinski definition) is 5. The van der Waals surface area contributed by atoms with Crippen LogP contribution in [0.2, 0.25) is 0 Å². The van der Waals surface area contributed by atoms with Gasteiger partial charge in [-0.25, -0.2) is 29.1 Å². The first-order valence-corrected chi connectivity index (χ1v) is 19.7. The molecule has 61 heavy (non-hydrogen) atoms. The second kappa shape index (κ2) is 18.6. The van der Waals surface area contributed by atoms with Crippen molar-refractivity contribution in [3.63, 3.8) is 0 Å². The van der Waals surface area contributed by atoms with Crippen molar-refractivity contribution in [2.75, 3.05) is 31.3 Å². The molecule has 5 heterocycles. The SMILES string of the molecule is CNC(=O)c1cnc(Nc2cc(C(=O)NCCCCCCc3cccc4c3n(C)c(=O)n4C3CCC(=O)NC3=O)ccn2)cc1Nc1cccc(-c2ncc(F)cn2)c1OC. The molecule has 1 aliphatic heterocycles. The van der Waals surface area contributed by atoms with Crippen molar-refractivity contribution in [3.05, 3.63) is 112 Å². The second-order valence-corrected chi connectivity index (χ2v) is 14.4. The summed E-state index contributed by atoms with van der Waals surface area (Å²) in [5.41, 5.74) is 4.18. The summed E-state index contributed by atoms with van der Waals surface area (Å²) in [5.74, 6) is -0.708. The maximum Gasteiger partial charge on any atom is 0.329 e. The van der Waals surface area contributed by atoms with Gasteiger partial charge in [0.2, 0.25) is 11.8 Å². The number of pyridine rings is 2. The third kappa shape index (κ3) is 9.22. The van der Waals surface area contributed by atoms with E-state index in [9.17, 15) is 28.4 Å². The summed E-state index contributed by atoms with van der Waals surface area (Å²) in [4.78, 5) is 80.4. The van der Waals surface area contributed by atoms with Gasteiger partial charge in [-0.05, 0) is 61.6 Å². The summed E-state index contributed by atoms with van der Waals surface area (Å²) in [7, 11) is 4.69. The topological polar surface area (TPSA) is 216 Å². The first kappa shape index (κ1) is 41.7. The number of aryl methyl sites for hydroxylation is 2. The Bertz CT molecular complexity index is 2680. The highest BCUT2D eigenvalue weighted by Gasteiger charge is 2.31. The molecule has 0 aliphatic carbocycles. The number of anilines is 4. The van der Waals surface area contributed by atoms with Gasteiger partial charge in [-0.2, -0.15) is 0 Å². The van der Waals surface area contributed by atoms with E-state index >= 15 is 0 Å². The van der Waals surface area contributed by atoms with Crippen LogP contribution in [-0.2, 0) is 23.1 Å². The molecule has 17 nitrogen and oxygen atoms in total. The minimum atomic E-state index is -0.731. The molecule has 1 atom stereocenters. The first-order valence-electron chi connectivity index (χ1n) is 19.7. The Morgan fingerprint density at radius 3 is 2.43 bits per heavy atom. The van der Waals surface area contributed by atoms with Gasteiger partial charge in [-0.15, -0.1) is 0 Å². The van der Waals surface area contributed by atoms with Crippen molar-refractivity contribution >= 4 is 57.7 Å². The largest absolute Gasteiger partial charge is 0.494 e. The van der Waals surface area contributed by atoms with Gasteiger partial charge in [-0.1, -0.05) is 31.0 Å². The first-order chi connectivity index (χ1) is 29.6. The highest BCUT2D eigenvalue weighted by atomic mass is 19.1. The Hall–Kier alpha value is -7.50. The number of halogens is 1. The number of carbonyl (C=O) groups is 4. The summed E-state index contributed by atoms with van der Waals surface area (Å²) in [6, 6.07) is 15.0. The number of nitrogens with zero attached hydrogens (tertiary/aromatic N) is 6. The van der Waals surface area contributed by atoms with E-state index < -0.39 is 17.8 Å². The normalized spacial score (nSPS) is 13.7. The lowest BCUT2D eigenvalue weighted by molar-refractivity contribution is -0.135. The van der Waals surface area contributed by atoms with E-state index in [2.05, 4.69) is 46.5 Å². The lowest BCUT2D eigenvalue weighted by Crippen LogP contribution is -2.44. The highest BCUT2D eigenvalue weighted by molar-refractivity contribution is 6.01. The van der Waals surface area contributed by atoms with Crippen LogP contribution in [0.4, 0.5) is 27.4 Å². The molecular weight excluding hydrogens is 786 g/mol. The molecule has 1 saturated heterocycles. The number of benzene rings is 2. The molecular formula is C43H44FN11O6.